The molecule has 52 valence electrons. The first-order valence-corrected chi connectivity index (χ1v) is 3.71. The maximum Gasteiger partial charge on any atom is 0.238 e. The molecule has 0 spiro atoms. The van der Waals surface area contributed by atoms with Gasteiger partial charge in [-0.3, -0.25) is 4.79 Å². The van der Waals surface area contributed by atoms with Crippen molar-refractivity contribution in [3.8, 4) is 0 Å². The van der Waals surface area contributed by atoms with Crippen LogP contribution in [-0.4, -0.2) is 23.2 Å². The smallest absolute Gasteiger partial charge is 0.238 e. The van der Waals surface area contributed by atoms with Crippen LogP contribution in [0.2, 0.25) is 0 Å². The topological polar surface area (TPSA) is 29.1 Å². The Balaban J connectivity index is 2.44. The third-order valence-electron chi connectivity index (χ3n) is 1.31. The van der Waals surface area contributed by atoms with Crippen LogP contribution in [0.1, 0.15) is 6.42 Å². The van der Waals surface area contributed by atoms with E-state index in [1.165, 1.54) is 0 Å². The number of rotatable bonds is 1. The van der Waals surface area contributed by atoms with Crippen molar-refractivity contribution in [2.24, 2.45) is 0 Å². The summed E-state index contributed by atoms with van der Waals surface area (Å²) in [5.74, 6) is 0.358. The lowest BCUT2D eigenvalue weighted by Crippen LogP contribution is -2.27. The molecule has 0 aliphatic carbocycles. The third kappa shape index (κ3) is 1.49. The molecule has 1 saturated heterocycles. The Morgan fingerprint density at radius 3 is 2.67 bits per heavy atom. The summed E-state index contributed by atoms with van der Waals surface area (Å²) in [5.41, 5.74) is 0. The number of hydrogen-bond donors (Lipinski definition) is 1. The summed E-state index contributed by atoms with van der Waals surface area (Å²) in [5, 5.41) is 2.28. The zero-order valence-corrected chi connectivity index (χ0v) is 6.24. The first-order chi connectivity index (χ1) is 4.24. The predicted molar refractivity (Wildman–Crippen MR) is 36.9 cm³/mol. The summed E-state index contributed by atoms with van der Waals surface area (Å²) in [6.07, 6.45) is 0.657. The molecule has 0 aromatic carbocycles. The molecule has 4 heteroatoms. The van der Waals surface area contributed by atoms with Crippen molar-refractivity contribution < 1.29 is 4.79 Å². The van der Waals surface area contributed by atoms with Crippen LogP contribution in [0.15, 0.2) is 0 Å². The Morgan fingerprint density at radius 1 is 1.78 bits per heavy atom. The van der Waals surface area contributed by atoms with E-state index in [0.717, 1.165) is 0 Å². The highest BCUT2D eigenvalue weighted by Crippen LogP contribution is 2.14. The van der Waals surface area contributed by atoms with Gasteiger partial charge in [0.2, 0.25) is 5.91 Å². The fourth-order valence-corrected chi connectivity index (χ4v) is 1.29. The molecule has 1 aliphatic rings. The van der Waals surface area contributed by atoms with E-state index in [1.54, 1.807) is 0 Å². The van der Waals surface area contributed by atoms with Crippen LogP contribution < -0.4 is 5.32 Å². The van der Waals surface area contributed by atoms with Crippen LogP contribution in [-0.2, 0) is 4.79 Å². The van der Waals surface area contributed by atoms with Gasteiger partial charge in [-0.15, -0.1) is 23.2 Å². The summed E-state index contributed by atoms with van der Waals surface area (Å²) in [4.78, 5) is 10.6. The summed E-state index contributed by atoms with van der Waals surface area (Å²) in [6.45, 7) is 0. The molecule has 1 fully saturated rings. The summed E-state index contributed by atoms with van der Waals surface area (Å²) in [7, 11) is 0. The van der Waals surface area contributed by atoms with Gasteiger partial charge in [0.1, 0.15) is 5.38 Å². The summed E-state index contributed by atoms with van der Waals surface area (Å²) in [6, 6.07) is 0.0849. The van der Waals surface area contributed by atoms with Crippen molar-refractivity contribution in [3.05, 3.63) is 0 Å². The SMILES string of the molecule is O=C1NC(CCl)CC1Cl. The third-order valence-corrected chi connectivity index (χ3v) is 2.06. The van der Waals surface area contributed by atoms with E-state index >= 15 is 0 Å². The minimum atomic E-state index is -0.367. The van der Waals surface area contributed by atoms with Crippen molar-refractivity contribution in [3.63, 3.8) is 0 Å². The second-order valence-corrected chi connectivity index (χ2v) is 2.90. The second-order valence-electron chi connectivity index (χ2n) is 2.06. The van der Waals surface area contributed by atoms with E-state index in [1.807, 2.05) is 0 Å². The molecule has 1 heterocycles. The second kappa shape index (κ2) is 2.76. The minimum Gasteiger partial charge on any atom is -0.351 e. The molecule has 1 N–H and O–H groups in total. The van der Waals surface area contributed by atoms with E-state index in [2.05, 4.69) is 5.32 Å². The first kappa shape index (κ1) is 7.16. The van der Waals surface area contributed by atoms with Gasteiger partial charge < -0.3 is 5.32 Å². The quantitative estimate of drug-likeness (QED) is 0.574. The molecule has 1 rings (SSSR count). The van der Waals surface area contributed by atoms with E-state index < -0.39 is 0 Å². The maximum atomic E-state index is 10.6. The minimum absolute atomic E-state index is 0.0849. The van der Waals surface area contributed by atoms with Gasteiger partial charge in [-0.2, -0.15) is 0 Å². The number of carbonyl (C=O) groups is 1. The van der Waals surface area contributed by atoms with Gasteiger partial charge in [-0.1, -0.05) is 0 Å². The van der Waals surface area contributed by atoms with E-state index in [-0.39, 0.29) is 17.3 Å². The molecule has 0 aromatic rings. The number of hydrogen-bond acceptors (Lipinski definition) is 1. The number of amides is 1. The summed E-state index contributed by atoms with van der Waals surface area (Å²) >= 11 is 11.0. The van der Waals surface area contributed by atoms with Crippen molar-refractivity contribution in [2.75, 3.05) is 5.88 Å². The number of halogens is 2. The van der Waals surface area contributed by atoms with Gasteiger partial charge >= 0.3 is 0 Å². The normalized spacial score (nSPS) is 34.7. The van der Waals surface area contributed by atoms with Crippen LogP contribution in [0, 0.1) is 0 Å². The molecular formula is C5H7Cl2NO. The molecular weight excluding hydrogens is 161 g/mol. The number of carbonyl (C=O) groups excluding carboxylic acids is 1. The zero-order valence-electron chi connectivity index (χ0n) is 4.73. The van der Waals surface area contributed by atoms with Crippen LogP contribution in [0.5, 0.6) is 0 Å². The Bertz CT molecular complexity index is 128. The molecule has 9 heavy (non-hydrogen) atoms. The van der Waals surface area contributed by atoms with Crippen LogP contribution in [0.3, 0.4) is 0 Å². The zero-order chi connectivity index (χ0) is 6.85. The highest BCUT2D eigenvalue weighted by Gasteiger charge is 2.28. The van der Waals surface area contributed by atoms with Gasteiger partial charge in [-0.25, -0.2) is 0 Å². The van der Waals surface area contributed by atoms with Crippen molar-refractivity contribution >= 4 is 29.1 Å². The average Bonchev–Trinajstić information content (AvgIpc) is 2.13. The Kier molecular flexibility index (Phi) is 2.19. The molecule has 2 nitrogen and oxygen atoms in total. The van der Waals surface area contributed by atoms with Crippen molar-refractivity contribution in [2.45, 2.75) is 17.8 Å². The Morgan fingerprint density at radius 2 is 2.44 bits per heavy atom. The Hall–Kier alpha value is 0.0500. The molecule has 1 amide bonds. The van der Waals surface area contributed by atoms with E-state index in [0.29, 0.717) is 12.3 Å². The van der Waals surface area contributed by atoms with E-state index in [9.17, 15) is 4.79 Å². The Labute approximate surface area is 63.5 Å². The standard InChI is InChI=1S/C5H7Cl2NO/c6-2-3-1-4(7)5(9)8-3/h3-4H,1-2H2,(H,8,9). The van der Waals surface area contributed by atoms with Gasteiger partial charge in [0.25, 0.3) is 0 Å². The average molecular weight is 168 g/mol. The lowest BCUT2D eigenvalue weighted by molar-refractivity contribution is -0.119. The predicted octanol–water partition coefficient (Wildman–Crippen LogP) is 0.721. The monoisotopic (exact) mass is 167 g/mol. The highest BCUT2D eigenvalue weighted by atomic mass is 35.5. The van der Waals surface area contributed by atoms with Gasteiger partial charge in [0.15, 0.2) is 0 Å². The number of alkyl halides is 2. The summed E-state index contributed by atoms with van der Waals surface area (Å²) < 4.78 is 0. The van der Waals surface area contributed by atoms with Crippen molar-refractivity contribution in [1.82, 2.24) is 5.32 Å². The molecule has 0 saturated carbocycles. The fraction of sp³-hybridized carbons (Fsp3) is 0.800. The van der Waals surface area contributed by atoms with Crippen LogP contribution in [0.25, 0.3) is 0 Å². The van der Waals surface area contributed by atoms with Gasteiger partial charge in [0, 0.05) is 11.9 Å². The molecule has 2 atom stereocenters. The molecule has 0 bridgehead atoms. The molecule has 2 unspecified atom stereocenters. The lowest BCUT2D eigenvalue weighted by atomic mass is 10.2. The van der Waals surface area contributed by atoms with Crippen molar-refractivity contribution in [1.29, 1.82) is 0 Å². The van der Waals surface area contributed by atoms with Crippen LogP contribution >= 0.6 is 23.2 Å². The van der Waals surface area contributed by atoms with Gasteiger partial charge in [-0.05, 0) is 6.42 Å². The lowest BCUT2D eigenvalue weighted by Gasteiger charge is -2.00. The molecule has 0 radical (unpaired) electrons. The molecule has 0 aromatic heterocycles. The fourth-order valence-electron chi connectivity index (χ4n) is 0.809. The highest BCUT2D eigenvalue weighted by molar-refractivity contribution is 6.31. The van der Waals surface area contributed by atoms with E-state index in [4.69, 9.17) is 23.2 Å². The van der Waals surface area contributed by atoms with Crippen LogP contribution in [0.4, 0.5) is 0 Å². The largest absolute Gasteiger partial charge is 0.351 e. The first-order valence-electron chi connectivity index (χ1n) is 2.74. The molecule has 1 aliphatic heterocycles. The van der Waals surface area contributed by atoms with Gasteiger partial charge in [0.05, 0.1) is 0 Å². The number of nitrogens with one attached hydrogen (secondary N) is 1. The maximum absolute atomic E-state index is 10.6.